The molecule has 0 radical (unpaired) electrons. The number of halogens is 3. The Hall–Kier alpha value is -4.02. The van der Waals surface area contributed by atoms with Crippen LogP contribution in [0, 0.1) is 5.82 Å². The smallest absolute Gasteiger partial charge is 0.313 e. The molecule has 11 heteroatoms. The van der Waals surface area contributed by atoms with Crippen LogP contribution in [0.2, 0.25) is 5.02 Å². The number of aromatic amines is 1. The third kappa shape index (κ3) is 6.40. The number of hydrogen-bond acceptors (Lipinski definition) is 4. The average Bonchev–Trinajstić information content (AvgIpc) is 3.45. The fourth-order valence-electron chi connectivity index (χ4n) is 4.52. The van der Waals surface area contributed by atoms with Crippen molar-refractivity contribution in [1.82, 2.24) is 14.9 Å². The summed E-state index contributed by atoms with van der Waals surface area (Å²) in [6, 6.07) is 18.0. The van der Waals surface area contributed by atoms with E-state index in [1.165, 1.54) is 23.1 Å². The van der Waals surface area contributed by atoms with Crippen LogP contribution >= 0.6 is 27.5 Å². The summed E-state index contributed by atoms with van der Waals surface area (Å²) in [6.07, 6.45) is 3.11. The standard InChI is InChI=1S/C29H24BrClFN5O3/c30-20-6-4-17(5-7-20)25-16-33-26(35-25)18-10-12-37(13-11-18)29(40)28(39)34-22-8-9-24(23(32)15-22)36-27(38)19-2-1-3-21(31)14-19/h1-9,14-16,18H,10-13H2,(H,33,35)(H,34,39)(H,36,38). The Bertz CT molecular complexity index is 1570. The van der Waals surface area contributed by atoms with Crippen LogP contribution in [0.4, 0.5) is 15.8 Å². The molecular weight excluding hydrogens is 601 g/mol. The van der Waals surface area contributed by atoms with Gasteiger partial charge in [0.25, 0.3) is 5.91 Å². The van der Waals surface area contributed by atoms with Crippen molar-refractivity contribution in [3.05, 3.63) is 99.6 Å². The number of nitrogens with one attached hydrogen (secondary N) is 3. The van der Waals surface area contributed by atoms with E-state index >= 15 is 0 Å². The minimum absolute atomic E-state index is 0.0717. The van der Waals surface area contributed by atoms with Crippen LogP contribution in [-0.2, 0) is 9.59 Å². The molecule has 0 bridgehead atoms. The molecule has 204 valence electrons. The summed E-state index contributed by atoms with van der Waals surface area (Å²) >= 11 is 9.34. The largest absolute Gasteiger partial charge is 0.342 e. The van der Waals surface area contributed by atoms with Gasteiger partial charge in [0.2, 0.25) is 0 Å². The summed E-state index contributed by atoms with van der Waals surface area (Å²) in [4.78, 5) is 47.1. The zero-order valence-electron chi connectivity index (χ0n) is 21.1. The molecule has 5 rings (SSSR count). The van der Waals surface area contributed by atoms with Crippen molar-refractivity contribution in [2.45, 2.75) is 18.8 Å². The predicted molar refractivity (Wildman–Crippen MR) is 155 cm³/mol. The Kier molecular flexibility index (Phi) is 8.27. The lowest BCUT2D eigenvalue weighted by Crippen LogP contribution is -2.44. The first-order valence-corrected chi connectivity index (χ1v) is 13.7. The summed E-state index contributed by atoms with van der Waals surface area (Å²) in [5, 5.41) is 5.30. The number of likely N-dealkylation sites (tertiary alicyclic amines) is 1. The van der Waals surface area contributed by atoms with Gasteiger partial charge < -0.3 is 20.5 Å². The second kappa shape index (κ2) is 12.0. The topological polar surface area (TPSA) is 107 Å². The second-order valence-electron chi connectivity index (χ2n) is 9.37. The van der Waals surface area contributed by atoms with E-state index in [4.69, 9.17) is 11.6 Å². The second-order valence-corrected chi connectivity index (χ2v) is 10.7. The fraction of sp³-hybridized carbons (Fsp3) is 0.172. The highest BCUT2D eigenvalue weighted by Gasteiger charge is 2.29. The summed E-state index contributed by atoms with van der Waals surface area (Å²) in [5.74, 6) is -1.85. The molecule has 1 aliphatic heterocycles. The van der Waals surface area contributed by atoms with E-state index in [2.05, 4.69) is 36.5 Å². The molecular formula is C29H24BrClFN5O3. The van der Waals surface area contributed by atoms with Crippen molar-refractivity contribution in [3.63, 3.8) is 0 Å². The number of benzene rings is 3. The van der Waals surface area contributed by atoms with E-state index < -0.39 is 23.5 Å². The van der Waals surface area contributed by atoms with Gasteiger partial charge in [-0.1, -0.05) is 45.7 Å². The van der Waals surface area contributed by atoms with Gasteiger partial charge in [0.1, 0.15) is 11.6 Å². The molecule has 4 aromatic rings. The highest BCUT2D eigenvalue weighted by atomic mass is 79.9. The Balaban J connectivity index is 1.14. The SMILES string of the molecule is O=C(Nc1ccc(NC(=O)c2cccc(Cl)c2)c(F)c1)C(=O)N1CCC(c2ncc(-c3ccc(Br)cc3)[nH]2)CC1. The van der Waals surface area contributed by atoms with Gasteiger partial charge in [-0.25, -0.2) is 9.37 Å². The molecule has 1 aliphatic rings. The zero-order chi connectivity index (χ0) is 28.2. The predicted octanol–water partition coefficient (Wildman–Crippen LogP) is 6.23. The summed E-state index contributed by atoms with van der Waals surface area (Å²) in [7, 11) is 0. The molecule has 40 heavy (non-hydrogen) atoms. The van der Waals surface area contributed by atoms with Crippen LogP contribution in [0.25, 0.3) is 11.3 Å². The molecule has 3 N–H and O–H groups in total. The molecule has 2 heterocycles. The van der Waals surface area contributed by atoms with Crippen LogP contribution in [0.15, 0.2) is 77.4 Å². The van der Waals surface area contributed by atoms with Crippen LogP contribution in [0.5, 0.6) is 0 Å². The maximum Gasteiger partial charge on any atom is 0.313 e. The molecule has 0 atom stereocenters. The number of carbonyl (C=O) groups is 3. The number of H-pyrrole nitrogens is 1. The first-order valence-electron chi connectivity index (χ1n) is 12.5. The molecule has 1 aromatic heterocycles. The van der Waals surface area contributed by atoms with Crippen molar-refractivity contribution < 1.29 is 18.8 Å². The average molecular weight is 625 g/mol. The third-order valence-corrected chi connectivity index (χ3v) is 7.44. The molecule has 0 saturated carbocycles. The number of rotatable bonds is 5. The number of hydrogen-bond donors (Lipinski definition) is 3. The number of nitrogens with zero attached hydrogens (tertiary/aromatic N) is 2. The van der Waals surface area contributed by atoms with Crippen molar-refractivity contribution in [3.8, 4) is 11.3 Å². The maximum atomic E-state index is 14.6. The molecule has 1 saturated heterocycles. The Morgan fingerprint density at radius 1 is 1.00 bits per heavy atom. The van der Waals surface area contributed by atoms with Crippen molar-refractivity contribution in [1.29, 1.82) is 0 Å². The summed E-state index contributed by atoms with van der Waals surface area (Å²) in [6.45, 7) is 0.794. The van der Waals surface area contributed by atoms with Crippen LogP contribution in [0.1, 0.15) is 34.9 Å². The highest BCUT2D eigenvalue weighted by Crippen LogP contribution is 2.29. The van der Waals surface area contributed by atoms with E-state index in [1.807, 2.05) is 24.3 Å². The lowest BCUT2D eigenvalue weighted by molar-refractivity contribution is -0.143. The zero-order valence-corrected chi connectivity index (χ0v) is 23.4. The van der Waals surface area contributed by atoms with E-state index in [1.54, 1.807) is 24.4 Å². The van der Waals surface area contributed by atoms with E-state index in [0.717, 1.165) is 27.6 Å². The number of carbonyl (C=O) groups excluding carboxylic acids is 3. The highest BCUT2D eigenvalue weighted by molar-refractivity contribution is 9.10. The third-order valence-electron chi connectivity index (χ3n) is 6.68. The molecule has 8 nitrogen and oxygen atoms in total. The first-order chi connectivity index (χ1) is 19.3. The van der Waals surface area contributed by atoms with Gasteiger partial charge in [0.05, 0.1) is 17.6 Å². The molecule has 0 aliphatic carbocycles. The van der Waals surface area contributed by atoms with Crippen molar-refractivity contribution in [2.75, 3.05) is 23.7 Å². The van der Waals surface area contributed by atoms with E-state index in [9.17, 15) is 18.8 Å². The van der Waals surface area contributed by atoms with E-state index in [-0.39, 0.29) is 22.9 Å². The van der Waals surface area contributed by atoms with Crippen LogP contribution in [0.3, 0.4) is 0 Å². The van der Waals surface area contributed by atoms with Gasteiger partial charge >= 0.3 is 11.8 Å². The van der Waals surface area contributed by atoms with Gasteiger partial charge in [0, 0.05) is 39.8 Å². The van der Waals surface area contributed by atoms with Crippen molar-refractivity contribution in [2.24, 2.45) is 0 Å². The van der Waals surface area contributed by atoms with Crippen LogP contribution in [-0.4, -0.2) is 45.7 Å². The number of imidazole rings is 1. The molecule has 3 aromatic carbocycles. The van der Waals surface area contributed by atoms with Gasteiger partial charge in [-0.3, -0.25) is 14.4 Å². The number of piperidine rings is 1. The monoisotopic (exact) mass is 623 g/mol. The maximum absolute atomic E-state index is 14.6. The molecule has 1 fully saturated rings. The lowest BCUT2D eigenvalue weighted by atomic mass is 9.96. The fourth-order valence-corrected chi connectivity index (χ4v) is 4.98. The minimum Gasteiger partial charge on any atom is -0.342 e. The molecule has 0 spiro atoms. The van der Waals surface area contributed by atoms with E-state index in [0.29, 0.717) is 31.0 Å². The van der Waals surface area contributed by atoms with Crippen LogP contribution < -0.4 is 10.6 Å². The molecule has 0 unspecified atom stereocenters. The summed E-state index contributed by atoms with van der Waals surface area (Å²) < 4.78 is 15.6. The van der Waals surface area contributed by atoms with Gasteiger partial charge in [-0.2, -0.15) is 0 Å². The summed E-state index contributed by atoms with van der Waals surface area (Å²) in [5.41, 5.74) is 2.25. The van der Waals surface area contributed by atoms with Gasteiger partial charge in [-0.05, 0) is 66.9 Å². The number of amides is 3. The Morgan fingerprint density at radius 3 is 2.45 bits per heavy atom. The van der Waals surface area contributed by atoms with Gasteiger partial charge in [-0.15, -0.1) is 0 Å². The Labute approximate surface area is 243 Å². The minimum atomic E-state index is -0.857. The Morgan fingerprint density at radius 2 is 1.75 bits per heavy atom. The normalized spacial score (nSPS) is 13.6. The lowest BCUT2D eigenvalue weighted by Gasteiger charge is -2.30. The number of anilines is 2. The quantitative estimate of drug-likeness (QED) is 0.229. The first kappa shape index (κ1) is 27.5. The number of aromatic nitrogens is 2. The molecule has 3 amide bonds. The van der Waals surface area contributed by atoms with Crippen molar-refractivity contribution >= 4 is 56.6 Å². The van der Waals surface area contributed by atoms with Gasteiger partial charge in [0.15, 0.2) is 0 Å².